The molecule has 126 valence electrons. The first-order chi connectivity index (χ1) is 12.1. The van der Waals surface area contributed by atoms with Crippen molar-refractivity contribution in [2.45, 2.75) is 12.8 Å². The molecule has 0 fully saturated rings. The molecule has 0 radical (unpaired) electrons. The lowest BCUT2D eigenvalue weighted by molar-refractivity contribution is -0.119. The molecule has 4 rings (SSSR count). The van der Waals surface area contributed by atoms with Crippen LogP contribution in [0.1, 0.15) is 32.7 Å². The minimum absolute atomic E-state index is 0.181. The Morgan fingerprint density at radius 2 is 1.84 bits per heavy atom. The molecule has 0 spiro atoms. The molecule has 0 bridgehead atoms. The van der Waals surface area contributed by atoms with Gasteiger partial charge in [-0.25, -0.2) is 0 Å². The highest BCUT2D eigenvalue weighted by atomic mass is 35.5. The normalized spacial score (nSPS) is 16.0. The molecular formula is C19H15ClN2O3. The molecule has 2 aromatic carbocycles. The summed E-state index contributed by atoms with van der Waals surface area (Å²) in [5, 5.41) is 0.231. The highest BCUT2D eigenvalue weighted by Gasteiger charge is 2.39. The lowest BCUT2D eigenvalue weighted by Gasteiger charge is -2.30. The van der Waals surface area contributed by atoms with Crippen molar-refractivity contribution < 1.29 is 14.4 Å². The van der Waals surface area contributed by atoms with E-state index in [-0.39, 0.29) is 28.6 Å². The van der Waals surface area contributed by atoms with Gasteiger partial charge in [0.15, 0.2) is 0 Å². The van der Waals surface area contributed by atoms with Gasteiger partial charge in [0.2, 0.25) is 5.91 Å². The quantitative estimate of drug-likeness (QED) is 0.779. The third-order valence-corrected chi connectivity index (χ3v) is 4.97. The van der Waals surface area contributed by atoms with Crippen molar-refractivity contribution in [3.05, 3.63) is 64.2 Å². The number of fused-ring (bicyclic) bond motifs is 2. The van der Waals surface area contributed by atoms with Crippen LogP contribution < -0.4 is 4.90 Å². The van der Waals surface area contributed by atoms with Crippen LogP contribution in [0.15, 0.2) is 42.5 Å². The van der Waals surface area contributed by atoms with Gasteiger partial charge in [-0.1, -0.05) is 35.9 Å². The summed E-state index contributed by atoms with van der Waals surface area (Å²) < 4.78 is 0. The van der Waals surface area contributed by atoms with Crippen molar-refractivity contribution >= 4 is 35.0 Å². The Morgan fingerprint density at radius 1 is 1.04 bits per heavy atom. The molecular weight excluding hydrogens is 340 g/mol. The van der Waals surface area contributed by atoms with Gasteiger partial charge >= 0.3 is 0 Å². The van der Waals surface area contributed by atoms with Crippen LogP contribution >= 0.6 is 11.6 Å². The molecule has 0 unspecified atom stereocenters. The molecule has 2 aliphatic rings. The van der Waals surface area contributed by atoms with Gasteiger partial charge in [-0.05, 0) is 36.6 Å². The Kier molecular flexibility index (Phi) is 3.81. The average molecular weight is 355 g/mol. The van der Waals surface area contributed by atoms with Crippen LogP contribution in [0.3, 0.4) is 0 Å². The SMILES string of the molecule is O=C1c2cccc(Cl)c2C(=O)N1CC(=O)N1CCCc2ccccc21. The van der Waals surface area contributed by atoms with Crippen LogP contribution in [-0.4, -0.2) is 35.7 Å². The molecule has 5 nitrogen and oxygen atoms in total. The van der Waals surface area contributed by atoms with Gasteiger partial charge in [0.05, 0.1) is 16.1 Å². The molecule has 25 heavy (non-hydrogen) atoms. The molecule has 0 atom stereocenters. The Hall–Kier alpha value is -2.66. The summed E-state index contributed by atoms with van der Waals surface area (Å²) in [5.41, 5.74) is 2.39. The molecule has 0 aromatic heterocycles. The standard InChI is InChI=1S/C19H15ClN2O3/c20-14-8-3-7-13-17(14)19(25)22(18(13)24)11-16(23)21-10-4-6-12-5-1-2-9-15(12)21/h1-3,5,7-9H,4,6,10-11H2. The maximum absolute atomic E-state index is 12.8. The van der Waals surface area contributed by atoms with Crippen LogP contribution in [-0.2, 0) is 11.2 Å². The van der Waals surface area contributed by atoms with E-state index >= 15 is 0 Å². The van der Waals surface area contributed by atoms with E-state index in [2.05, 4.69) is 0 Å². The summed E-state index contributed by atoms with van der Waals surface area (Å²) in [6.07, 6.45) is 1.78. The van der Waals surface area contributed by atoms with Gasteiger partial charge in [-0.3, -0.25) is 19.3 Å². The van der Waals surface area contributed by atoms with Gasteiger partial charge in [0.1, 0.15) is 6.54 Å². The van der Waals surface area contributed by atoms with E-state index in [1.165, 1.54) is 0 Å². The number of para-hydroxylation sites is 1. The number of halogens is 1. The van der Waals surface area contributed by atoms with Crippen LogP contribution in [0.25, 0.3) is 0 Å². The molecule has 0 N–H and O–H groups in total. The van der Waals surface area contributed by atoms with Gasteiger partial charge in [0, 0.05) is 12.2 Å². The minimum atomic E-state index is -0.510. The second kappa shape index (κ2) is 6.01. The van der Waals surface area contributed by atoms with Gasteiger partial charge < -0.3 is 4.90 Å². The van der Waals surface area contributed by atoms with Gasteiger partial charge in [0.25, 0.3) is 11.8 Å². The minimum Gasteiger partial charge on any atom is -0.311 e. The number of rotatable bonds is 2. The molecule has 0 aliphatic carbocycles. The number of carbonyl (C=O) groups excluding carboxylic acids is 3. The number of aryl methyl sites for hydroxylation is 1. The average Bonchev–Trinajstić information content (AvgIpc) is 2.87. The second-order valence-corrected chi connectivity index (χ2v) is 6.54. The number of nitrogens with zero attached hydrogens (tertiary/aromatic N) is 2. The predicted octanol–water partition coefficient (Wildman–Crippen LogP) is 2.92. The molecule has 0 saturated carbocycles. The largest absolute Gasteiger partial charge is 0.311 e. The van der Waals surface area contributed by atoms with Crippen molar-refractivity contribution in [1.82, 2.24) is 4.90 Å². The Bertz CT molecular complexity index is 909. The molecule has 0 saturated heterocycles. The smallest absolute Gasteiger partial charge is 0.263 e. The van der Waals surface area contributed by atoms with Crippen LogP contribution in [0.2, 0.25) is 5.02 Å². The number of amides is 3. The highest BCUT2D eigenvalue weighted by molar-refractivity contribution is 6.37. The summed E-state index contributed by atoms with van der Waals surface area (Å²) in [6, 6.07) is 12.5. The highest BCUT2D eigenvalue weighted by Crippen LogP contribution is 2.30. The lowest BCUT2D eigenvalue weighted by atomic mass is 10.0. The number of benzene rings is 2. The van der Waals surface area contributed by atoms with E-state index in [9.17, 15) is 14.4 Å². The first-order valence-electron chi connectivity index (χ1n) is 8.11. The van der Waals surface area contributed by atoms with E-state index in [4.69, 9.17) is 11.6 Å². The molecule has 2 aromatic rings. The maximum atomic E-state index is 12.8. The third-order valence-electron chi connectivity index (χ3n) is 4.65. The van der Waals surface area contributed by atoms with Gasteiger partial charge in [-0.2, -0.15) is 0 Å². The number of imide groups is 1. The Balaban J connectivity index is 1.60. The molecule has 2 heterocycles. The number of hydrogen-bond acceptors (Lipinski definition) is 3. The van der Waals surface area contributed by atoms with Crippen molar-refractivity contribution in [2.24, 2.45) is 0 Å². The van der Waals surface area contributed by atoms with E-state index in [1.807, 2.05) is 24.3 Å². The number of anilines is 1. The fraction of sp³-hybridized carbons (Fsp3) is 0.211. The first kappa shape index (κ1) is 15.8. The van der Waals surface area contributed by atoms with Crippen LogP contribution in [0.5, 0.6) is 0 Å². The Morgan fingerprint density at radius 3 is 2.64 bits per heavy atom. The summed E-state index contributed by atoms with van der Waals surface area (Å²) in [6.45, 7) is 0.302. The maximum Gasteiger partial charge on any atom is 0.263 e. The van der Waals surface area contributed by atoms with Crippen molar-refractivity contribution in [3.8, 4) is 0 Å². The number of hydrogen-bond donors (Lipinski definition) is 0. The number of carbonyl (C=O) groups is 3. The zero-order valence-corrected chi connectivity index (χ0v) is 14.1. The van der Waals surface area contributed by atoms with Crippen LogP contribution in [0, 0.1) is 0 Å². The topological polar surface area (TPSA) is 57.7 Å². The zero-order chi connectivity index (χ0) is 17.6. The molecule has 2 aliphatic heterocycles. The van der Waals surface area contributed by atoms with Crippen molar-refractivity contribution in [1.29, 1.82) is 0 Å². The van der Waals surface area contributed by atoms with E-state index < -0.39 is 11.8 Å². The zero-order valence-electron chi connectivity index (χ0n) is 13.4. The van der Waals surface area contributed by atoms with E-state index in [1.54, 1.807) is 23.1 Å². The fourth-order valence-corrected chi connectivity index (χ4v) is 3.70. The van der Waals surface area contributed by atoms with Crippen LogP contribution in [0.4, 0.5) is 5.69 Å². The van der Waals surface area contributed by atoms with Crippen molar-refractivity contribution in [2.75, 3.05) is 18.0 Å². The van der Waals surface area contributed by atoms with E-state index in [0.29, 0.717) is 6.54 Å². The molecule has 3 amide bonds. The summed E-state index contributed by atoms with van der Waals surface area (Å²) >= 11 is 6.05. The fourth-order valence-electron chi connectivity index (χ4n) is 3.45. The second-order valence-electron chi connectivity index (χ2n) is 6.14. The summed E-state index contributed by atoms with van der Waals surface area (Å²) in [7, 11) is 0. The molecule has 6 heteroatoms. The van der Waals surface area contributed by atoms with E-state index in [0.717, 1.165) is 29.0 Å². The summed E-state index contributed by atoms with van der Waals surface area (Å²) in [5.74, 6) is -1.25. The van der Waals surface area contributed by atoms with Crippen molar-refractivity contribution in [3.63, 3.8) is 0 Å². The monoisotopic (exact) mass is 354 g/mol. The summed E-state index contributed by atoms with van der Waals surface area (Å²) in [4.78, 5) is 40.5. The lowest BCUT2D eigenvalue weighted by Crippen LogP contribution is -2.44. The van der Waals surface area contributed by atoms with Gasteiger partial charge in [-0.15, -0.1) is 0 Å². The predicted molar refractivity (Wildman–Crippen MR) is 93.9 cm³/mol. The Labute approximate surface area is 149 Å². The third kappa shape index (κ3) is 2.51. The first-order valence-corrected chi connectivity index (χ1v) is 8.48.